The van der Waals surface area contributed by atoms with Crippen LogP contribution in [0.2, 0.25) is 0 Å². The number of pyridine rings is 1. The number of phenolic OH excluding ortho intramolecular Hbond substituents is 1. The van der Waals surface area contributed by atoms with Gasteiger partial charge in [0.1, 0.15) is 5.75 Å². The zero-order chi connectivity index (χ0) is 20.1. The fraction of sp³-hybridized carbons (Fsp3) is 0.400. The van der Waals surface area contributed by atoms with E-state index in [1.54, 1.807) is 12.1 Å². The number of hydrogen-bond donors (Lipinski definition) is 2. The number of aromatic hydroxyl groups is 1. The van der Waals surface area contributed by atoms with Crippen molar-refractivity contribution >= 4 is 11.0 Å². The molecular formula is C20H20F3N3O2. The van der Waals surface area contributed by atoms with Gasteiger partial charge in [0.05, 0.1) is 23.4 Å². The summed E-state index contributed by atoms with van der Waals surface area (Å²) >= 11 is 0. The zero-order valence-electron chi connectivity index (χ0n) is 15.2. The van der Waals surface area contributed by atoms with Gasteiger partial charge in [-0.15, -0.1) is 0 Å². The van der Waals surface area contributed by atoms with Crippen LogP contribution in [0.4, 0.5) is 13.2 Å². The highest BCUT2D eigenvalue weighted by Crippen LogP contribution is 2.39. The van der Waals surface area contributed by atoms with Crippen LogP contribution in [0.15, 0.2) is 30.5 Å². The Morgan fingerprint density at radius 3 is 2.46 bits per heavy atom. The fourth-order valence-electron chi connectivity index (χ4n) is 3.84. The second-order valence-electron chi connectivity index (χ2n) is 7.37. The van der Waals surface area contributed by atoms with Crippen molar-refractivity contribution < 1.29 is 23.4 Å². The van der Waals surface area contributed by atoms with Gasteiger partial charge in [0, 0.05) is 17.1 Å². The highest BCUT2D eigenvalue weighted by atomic mass is 19.4. The largest absolute Gasteiger partial charge is 0.507 e. The predicted molar refractivity (Wildman–Crippen MR) is 97.9 cm³/mol. The quantitative estimate of drug-likeness (QED) is 0.669. The van der Waals surface area contributed by atoms with Crippen molar-refractivity contribution in [1.29, 1.82) is 0 Å². The van der Waals surface area contributed by atoms with Crippen LogP contribution in [0.1, 0.15) is 42.9 Å². The van der Waals surface area contributed by atoms with Crippen LogP contribution in [0.25, 0.3) is 22.3 Å². The summed E-state index contributed by atoms with van der Waals surface area (Å²) < 4.78 is 40.7. The van der Waals surface area contributed by atoms with E-state index in [1.807, 2.05) is 10.9 Å². The number of phenols is 1. The molecule has 0 saturated heterocycles. The molecular weight excluding hydrogens is 371 g/mol. The summed E-state index contributed by atoms with van der Waals surface area (Å²) in [6, 6.07) is 5.40. The minimum absolute atomic E-state index is 0.197. The summed E-state index contributed by atoms with van der Waals surface area (Å²) in [7, 11) is 0. The highest BCUT2D eigenvalue weighted by molar-refractivity contribution is 5.80. The van der Waals surface area contributed by atoms with E-state index in [1.165, 1.54) is 6.92 Å². The number of aliphatic hydroxyl groups excluding tert-OH is 1. The van der Waals surface area contributed by atoms with Gasteiger partial charge in [0.2, 0.25) is 0 Å². The van der Waals surface area contributed by atoms with Crippen LogP contribution in [-0.4, -0.2) is 31.1 Å². The lowest BCUT2D eigenvalue weighted by Gasteiger charge is -2.25. The maximum Gasteiger partial charge on any atom is 0.416 e. The Labute approximate surface area is 159 Å². The Hall–Kier alpha value is -2.61. The summed E-state index contributed by atoms with van der Waals surface area (Å²) in [6.45, 7) is 1.52. The number of aromatic nitrogens is 3. The van der Waals surface area contributed by atoms with Crippen LogP contribution in [0.3, 0.4) is 0 Å². The van der Waals surface area contributed by atoms with E-state index in [9.17, 15) is 23.4 Å². The molecule has 0 amide bonds. The van der Waals surface area contributed by atoms with Crippen molar-refractivity contribution in [3.63, 3.8) is 0 Å². The lowest BCUT2D eigenvalue weighted by atomic mass is 9.93. The van der Waals surface area contributed by atoms with E-state index < -0.39 is 17.5 Å². The van der Waals surface area contributed by atoms with Crippen LogP contribution in [0.5, 0.6) is 5.75 Å². The number of fused-ring (bicyclic) bond motifs is 1. The highest BCUT2D eigenvalue weighted by Gasteiger charge is 2.32. The standard InChI is InChI=1S/C20H20F3N3O2/c1-11-8-13(20(21,22)23)9-17(28)18(11)16-7-2-12-10-26(25-19(12)24-16)14-3-5-15(27)6-4-14/h2,7-10,14-15,27-28H,3-6H2,1H3. The van der Waals surface area contributed by atoms with Gasteiger partial charge in [-0.25, -0.2) is 4.98 Å². The Morgan fingerprint density at radius 2 is 1.82 bits per heavy atom. The van der Waals surface area contributed by atoms with Gasteiger partial charge in [0.25, 0.3) is 0 Å². The first kappa shape index (κ1) is 18.7. The molecule has 0 unspecified atom stereocenters. The molecule has 0 radical (unpaired) electrons. The summed E-state index contributed by atoms with van der Waals surface area (Å²) in [5.41, 5.74) is 0.518. The van der Waals surface area contributed by atoms with E-state index in [-0.39, 0.29) is 17.7 Å². The van der Waals surface area contributed by atoms with Crippen molar-refractivity contribution in [2.24, 2.45) is 0 Å². The fourth-order valence-corrected chi connectivity index (χ4v) is 3.84. The molecule has 0 spiro atoms. The summed E-state index contributed by atoms with van der Waals surface area (Å²) in [5, 5.41) is 25.2. The average molecular weight is 391 g/mol. The lowest BCUT2D eigenvalue weighted by molar-refractivity contribution is -0.137. The van der Waals surface area contributed by atoms with Gasteiger partial charge < -0.3 is 10.2 Å². The molecule has 28 heavy (non-hydrogen) atoms. The van der Waals surface area contributed by atoms with E-state index in [2.05, 4.69) is 10.1 Å². The monoisotopic (exact) mass is 391 g/mol. The molecule has 3 aromatic rings. The average Bonchev–Trinajstić information content (AvgIpc) is 3.04. The smallest absolute Gasteiger partial charge is 0.416 e. The molecule has 0 bridgehead atoms. The summed E-state index contributed by atoms with van der Waals surface area (Å²) in [4.78, 5) is 4.47. The van der Waals surface area contributed by atoms with Gasteiger partial charge in [-0.05, 0) is 62.4 Å². The molecule has 2 aromatic heterocycles. The van der Waals surface area contributed by atoms with Crippen LogP contribution in [0, 0.1) is 6.92 Å². The Bertz CT molecular complexity index is 998. The van der Waals surface area contributed by atoms with Crippen molar-refractivity contribution in [2.45, 2.75) is 50.9 Å². The minimum atomic E-state index is -4.52. The molecule has 2 heterocycles. The molecule has 1 aliphatic carbocycles. The van der Waals surface area contributed by atoms with Gasteiger partial charge in [-0.1, -0.05) is 0 Å². The van der Waals surface area contributed by atoms with Gasteiger partial charge in [-0.2, -0.15) is 18.3 Å². The van der Waals surface area contributed by atoms with Crippen molar-refractivity contribution in [2.75, 3.05) is 0 Å². The number of benzene rings is 1. The minimum Gasteiger partial charge on any atom is -0.507 e. The van der Waals surface area contributed by atoms with Gasteiger partial charge in [-0.3, -0.25) is 4.68 Å². The van der Waals surface area contributed by atoms with E-state index in [0.717, 1.165) is 43.2 Å². The molecule has 0 atom stereocenters. The Balaban J connectivity index is 1.70. The first-order chi connectivity index (χ1) is 13.2. The topological polar surface area (TPSA) is 71.2 Å². The van der Waals surface area contributed by atoms with Crippen molar-refractivity contribution in [3.8, 4) is 17.0 Å². The third-order valence-electron chi connectivity index (χ3n) is 5.33. The Kier molecular flexibility index (Phi) is 4.53. The second kappa shape index (κ2) is 6.77. The molecule has 0 aliphatic heterocycles. The second-order valence-corrected chi connectivity index (χ2v) is 7.37. The first-order valence-corrected chi connectivity index (χ1v) is 9.17. The lowest BCUT2D eigenvalue weighted by Crippen LogP contribution is -2.21. The normalized spacial score (nSPS) is 20.6. The predicted octanol–water partition coefficient (Wildman–Crippen LogP) is 4.61. The number of nitrogens with zero attached hydrogens (tertiary/aromatic N) is 3. The van der Waals surface area contributed by atoms with Crippen molar-refractivity contribution in [1.82, 2.24) is 14.8 Å². The molecule has 1 aromatic carbocycles. The molecule has 4 rings (SSSR count). The third-order valence-corrected chi connectivity index (χ3v) is 5.33. The number of alkyl halides is 3. The number of rotatable bonds is 2. The molecule has 1 fully saturated rings. The molecule has 2 N–H and O–H groups in total. The third kappa shape index (κ3) is 3.44. The number of halogens is 3. The van der Waals surface area contributed by atoms with Crippen LogP contribution >= 0.6 is 0 Å². The van der Waals surface area contributed by atoms with Crippen molar-refractivity contribution in [3.05, 3.63) is 41.6 Å². The number of hydrogen-bond acceptors (Lipinski definition) is 4. The summed E-state index contributed by atoms with van der Waals surface area (Å²) in [6.07, 6.45) is 0.257. The Morgan fingerprint density at radius 1 is 1.11 bits per heavy atom. The SMILES string of the molecule is Cc1cc(C(F)(F)F)cc(O)c1-c1ccc2cn(C3CCC(O)CC3)nc2n1. The first-order valence-electron chi connectivity index (χ1n) is 9.17. The van der Waals surface area contributed by atoms with E-state index in [0.29, 0.717) is 16.9 Å². The van der Waals surface area contributed by atoms with Gasteiger partial charge in [0.15, 0.2) is 5.65 Å². The van der Waals surface area contributed by atoms with E-state index in [4.69, 9.17) is 0 Å². The maximum atomic E-state index is 12.9. The van der Waals surface area contributed by atoms with Crippen LogP contribution in [-0.2, 0) is 6.18 Å². The number of aliphatic hydroxyl groups is 1. The summed E-state index contributed by atoms with van der Waals surface area (Å²) in [5.74, 6) is -0.458. The van der Waals surface area contributed by atoms with Crippen LogP contribution < -0.4 is 0 Å². The van der Waals surface area contributed by atoms with Gasteiger partial charge >= 0.3 is 6.18 Å². The molecule has 1 saturated carbocycles. The molecule has 5 nitrogen and oxygen atoms in total. The van der Waals surface area contributed by atoms with E-state index >= 15 is 0 Å². The molecule has 148 valence electrons. The molecule has 8 heteroatoms. The number of aryl methyl sites for hydroxylation is 1. The molecule has 1 aliphatic rings. The maximum absolute atomic E-state index is 12.9. The zero-order valence-corrected chi connectivity index (χ0v) is 15.2.